The Bertz CT molecular complexity index is 644. The van der Waals surface area contributed by atoms with Gasteiger partial charge in [-0.1, -0.05) is 11.3 Å². The van der Waals surface area contributed by atoms with Gasteiger partial charge in [0.25, 0.3) is 0 Å². The number of thiazole rings is 1. The van der Waals surface area contributed by atoms with E-state index in [1.165, 1.54) is 11.3 Å². The van der Waals surface area contributed by atoms with Gasteiger partial charge in [-0.3, -0.25) is 0 Å². The van der Waals surface area contributed by atoms with Gasteiger partial charge in [0.1, 0.15) is 5.75 Å². The summed E-state index contributed by atoms with van der Waals surface area (Å²) in [6.45, 7) is 1.84. The normalized spacial score (nSPS) is 11.7. The predicted octanol–water partition coefficient (Wildman–Crippen LogP) is 1.34. The summed E-state index contributed by atoms with van der Waals surface area (Å²) in [4.78, 5) is 5.87. The highest BCUT2D eigenvalue weighted by atomic mass is 32.2. The first-order chi connectivity index (χ1) is 8.38. The Hall–Kier alpha value is -1.06. The Morgan fingerprint density at radius 2 is 2.06 bits per heavy atom. The molecule has 0 unspecified atom stereocenters. The Morgan fingerprint density at radius 3 is 2.56 bits per heavy atom. The number of aromatic nitrogens is 3. The molecule has 0 fully saturated rings. The van der Waals surface area contributed by atoms with Gasteiger partial charge in [0, 0.05) is 19.5 Å². The molecule has 0 amide bonds. The van der Waals surface area contributed by atoms with Crippen molar-refractivity contribution < 1.29 is 8.42 Å². The monoisotopic (exact) mass is 304 g/mol. The quantitative estimate of drug-likeness (QED) is 0.848. The van der Waals surface area contributed by atoms with Gasteiger partial charge in [-0.15, -0.1) is 21.5 Å². The highest BCUT2D eigenvalue weighted by Gasteiger charge is 2.22. The zero-order valence-corrected chi connectivity index (χ0v) is 12.6. The Morgan fingerprint density at radius 1 is 1.33 bits per heavy atom. The van der Waals surface area contributed by atoms with Crippen molar-refractivity contribution in [2.24, 2.45) is 0 Å². The van der Waals surface area contributed by atoms with Crippen molar-refractivity contribution in [1.82, 2.24) is 15.2 Å². The molecule has 98 valence electrons. The summed E-state index contributed by atoms with van der Waals surface area (Å²) >= 11 is 2.50. The average molecular weight is 304 g/mol. The maximum absolute atomic E-state index is 12.1. The van der Waals surface area contributed by atoms with Crippen molar-refractivity contribution in [3.8, 4) is 0 Å². The summed E-state index contributed by atoms with van der Waals surface area (Å²) in [5.74, 6) is -0.126. The summed E-state index contributed by atoms with van der Waals surface area (Å²) in [5.41, 5.74) is 0.555. The fourth-order valence-electron chi connectivity index (χ4n) is 1.24. The number of hydrogen-bond acceptors (Lipinski definition) is 8. The second-order valence-corrected chi connectivity index (χ2v) is 8.04. The van der Waals surface area contributed by atoms with Gasteiger partial charge >= 0.3 is 0 Å². The summed E-state index contributed by atoms with van der Waals surface area (Å²) in [7, 11) is 0.134. The lowest BCUT2D eigenvalue weighted by atomic mass is 10.6. The molecule has 0 spiro atoms. The number of aryl methyl sites for hydroxylation is 1. The van der Waals surface area contributed by atoms with Gasteiger partial charge in [0.15, 0.2) is 0 Å². The van der Waals surface area contributed by atoms with Crippen LogP contribution in [-0.4, -0.2) is 37.7 Å². The van der Waals surface area contributed by atoms with E-state index in [4.69, 9.17) is 0 Å². The Labute approximate surface area is 113 Å². The molecule has 0 saturated carbocycles. The maximum Gasteiger partial charge on any atom is 0.234 e. The summed E-state index contributed by atoms with van der Waals surface area (Å²) in [5, 5.41) is 10.7. The van der Waals surface area contributed by atoms with Crippen LogP contribution in [0.25, 0.3) is 0 Å². The van der Waals surface area contributed by atoms with Crippen LogP contribution in [0.4, 0.5) is 5.13 Å². The van der Waals surface area contributed by atoms with Gasteiger partial charge < -0.3 is 4.90 Å². The summed E-state index contributed by atoms with van der Waals surface area (Å²) < 4.78 is 24.2. The van der Waals surface area contributed by atoms with E-state index in [-0.39, 0.29) is 10.1 Å². The van der Waals surface area contributed by atoms with Crippen molar-refractivity contribution >= 4 is 37.6 Å². The SMILES string of the molecule is Cc1nc(CS(=O)(=O)c2nnc(N(C)C)s2)cs1. The van der Waals surface area contributed by atoms with Gasteiger partial charge in [-0.05, 0) is 6.92 Å². The molecular formula is C9H12N4O2S3. The second-order valence-electron chi connectivity index (χ2n) is 3.86. The number of hydrogen-bond donors (Lipinski definition) is 0. The van der Waals surface area contributed by atoms with E-state index in [9.17, 15) is 8.42 Å². The van der Waals surface area contributed by atoms with E-state index < -0.39 is 9.84 Å². The van der Waals surface area contributed by atoms with Crippen molar-refractivity contribution in [3.63, 3.8) is 0 Å². The number of rotatable bonds is 4. The third-order valence-electron chi connectivity index (χ3n) is 2.05. The molecular weight excluding hydrogens is 292 g/mol. The van der Waals surface area contributed by atoms with Crippen LogP contribution in [0.3, 0.4) is 0 Å². The topological polar surface area (TPSA) is 76.0 Å². The average Bonchev–Trinajstić information content (AvgIpc) is 2.86. The standard InChI is InChI=1S/C9H12N4O2S3/c1-6-10-7(4-16-6)5-18(14,15)9-12-11-8(17-9)13(2)3/h4H,5H2,1-3H3. The molecule has 0 aromatic carbocycles. The van der Waals surface area contributed by atoms with Crippen molar-refractivity contribution in [3.05, 3.63) is 16.1 Å². The van der Waals surface area contributed by atoms with Gasteiger partial charge in [-0.2, -0.15) is 0 Å². The molecule has 6 nitrogen and oxygen atoms in total. The van der Waals surface area contributed by atoms with Crippen LogP contribution in [0.15, 0.2) is 9.72 Å². The largest absolute Gasteiger partial charge is 0.353 e. The molecule has 2 heterocycles. The molecule has 0 aliphatic carbocycles. The molecule has 0 radical (unpaired) electrons. The van der Waals surface area contributed by atoms with Crippen molar-refractivity contribution in [1.29, 1.82) is 0 Å². The molecule has 0 saturated heterocycles. The molecule has 0 N–H and O–H groups in total. The highest BCUT2D eigenvalue weighted by Crippen LogP contribution is 2.25. The van der Waals surface area contributed by atoms with Crippen LogP contribution in [-0.2, 0) is 15.6 Å². The summed E-state index contributed by atoms with van der Waals surface area (Å²) in [6.07, 6.45) is 0. The molecule has 2 rings (SSSR count). The first-order valence-electron chi connectivity index (χ1n) is 5.03. The van der Waals surface area contributed by atoms with E-state index in [0.29, 0.717) is 10.8 Å². The van der Waals surface area contributed by atoms with E-state index in [1.54, 1.807) is 24.4 Å². The lowest BCUT2D eigenvalue weighted by Crippen LogP contribution is -2.07. The van der Waals surface area contributed by atoms with Crippen molar-refractivity contribution in [2.75, 3.05) is 19.0 Å². The van der Waals surface area contributed by atoms with Crippen LogP contribution in [0.5, 0.6) is 0 Å². The molecule has 2 aromatic heterocycles. The van der Waals surface area contributed by atoms with Gasteiger partial charge in [0.05, 0.1) is 10.7 Å². The first kappa shape index (κ1) is 13.4. The molecule has 18 heavy (non-hydrogen) atoms. The third-order valence-corrected chi connectivity index (χ3v) is 6.06. The highest BCUT2D eigenvalue weighted by molar-refractivity contribution is 7.92. The lowest BCUT2D eigenvalue weighted by molar-refractivity contribution is 0.592. The minimum atomic E-state index is -3.45. The maximum atomic E-state index is 12.1. The first-order valence-corrected chi connectivity index (χ1v) is 8.38. The van der Waals surface area contributed by atoms with Crippen LogP contribution in [0.1, 0.15) is 10.7 Å². The molecule has 0 atom stereocenters. The van der Waals surface area contributed by atoms with Crippen LogP contribution >= 0.6 is 22.7 Å². The van der Waals surface area contributed by atoms with E-state index in [0.717, 1.165) is 16.3 Å². The smallest absolute Gasteiger partial charge is 0.234 e. The van der Waals surface area contributed by atoms with Gasteiger partial charge in [0.2, 0.25) is 19.3 Å². The molecule has 9 heteroatoms. The van der Waals surface area contributed by atoms with Crippen LogP contribution in [0, 0.1) is 6.92 Å². The second kappa shape index (κ2) is 4.90. The number of anilines is 1. The van der Waals surface area contributed by atoms with E-state index in [2.05, 4.69) is 15.2 Å². The minimum Gasteiger partial charge on any atom is -0.353 e. The van der Waals surface area contributed by atoms with Crippen LogP contribution < -0.4 is 4.90 Å². The Kier molecular flexibility index (Phi) is 3.64. The Balaban J connectivity index is 2.25. The number of sulfone groups is 1. The molecule has 0 bridgehead atoms. The third kappa shape index (κ3) is 2.85. The fourth-order valence-corrected chi connectivity index (χ4v) is 4.19. The summed E-state index contributed by atoms with van der Waals surface area (Å²) in [6, 6.07) is 0. The molecule has 0 aliphatic rings. The zero-order valence-electron chi connectivity index (χ0n) is 10.1. The molecule has 2 aromatic rings. The van der Waals surface area contributed by atoms with Gasteiger partial charge in [-0.25, -0.2) is 13.4 Å². The zero-order chi connectivity index (χ0) is 13.3. The minimum absolute atomic E-state index is 0.0388. The van der Waals surface area contributed by atoms with E-state index in [1.807, 2.05) is 6.92 Å². The van der Waals surface area contributed by atoms with E-state index >= 15 is 0 Å². The fraction of sp³-hybridized carbons (Fsp3) is 0.444. The van der Waals surface area contributed by atoms with Crippen LogP contribution in [0.2, 0.25) is 0 Å². The molecule has 0 aliphatic heterocycles. The number of nitrogens with zero attached hydrogens (tertiary/aromatic N) is 4. The predicted molar refractivity (Wildman–Crippen MR) is 72.0 cm³/mol. The lowest BCUT2D eigenvalue weighted by Gasteiger charge is -2.03. The van der Waals surface area contributed by atoms with Crippen molar-refractivity contribution in [2.45, 2.75) is 17.0 Å².